The number of hydrogen-bond acceptors (Lipinski definition) is 9. The van der Waals surface area contributed by atoms with Crippen LogP contribution < -0.4 is 19.8 Å². The maximum Gasteiger partial charge on any atom is 0.338 e. The third kappa shape index (κ3) is 5.55. The Labute approximate surface area is 267 Å². The SMILES string of the molecule is CCOC(=O)c1ccc(N2C(=O)C3Sc4c(sc(=O)n4CC(=O)Nc4ccc(C)cc4)[C@H](c4ccccc4OC)C3C2=O)cc1. The molecule has 2 aliphatic heterocycles. The Morgan fingerprint density at radius 1 is 0.933 bits per heavy atom. The van der Waals surface area contributed by atoms with Crippen LogP contribution in [0.4, 0.5) is 11.4 Å². The van der Waals surface area contributed by atoms with Gasteiger partial charge >= 0.3 is 10.8 Å². The number of carbonyl (C=O) groups excluding carboxylic acids is 4. The summed E-state index contributed by atoms with van der Waals surface area (Å²) < 4.78 is 12.1. The Balaban J connectivity index is 1.39. The number of esters is 1. The fraction of sp³-hybridized carbons (Fsp3) is 0.242. The molecule has 2 unspecified atom stereocenters. The number of thioether (sulfide) groups is 1. The molecule has 0 spiro atoms. The standard InChI is InChI=1S/C33H29N3O7S2/c1-4-43-32(40)19-11-15-21(16-12-19)36-29(38)26-25(22-7-5-6-8-23(22)42-3)28-31(44-27(26)30(36)39)35(33(41)45-28)17-24(37)34-20-13-9-18(2)10-14-20/h5-16,25-27H,4,17H2,1-3H3,(H,34,37)/t25-,26?,27?/m1/s1. The van der Waals surface area contributed by atoms with Gasteiger partial charge in [0.15, 0.2) is 0 Å². The van der Waals surface area contributed by atoms with Crippen LogP contribution in [0.2, 0.25) is 0 Å². The highest BCUT2D eigenvalue weighted by atomic mass is 32.2. The van der Waals surface area contributed by atoms with E-state index in [4.69, 9.17) is 9.47 Å². The summed E-state index contributed by atoms with van der Waals surface area (Å²) in [5.41, 5.74) is 2.93. The first-order chi connectivity index (χ1) is 21.7. The van der Waals surface area contributed by atoms with Crippen molar-refractivity contribution in [2.24, 2.45) is 5.92 Å². The summed E-state index contributed by atoms with van der Waals surface area (Å²) in [5, 5.41) is 2.43. The fourth-order valence-corrected chi connectivity index (χ4v) is 8.47. The highest BCUT2D eigenvalue weighted by Crippen LogP contribution is 2.55. The lowest BCUT2D eigenvalue weighted by molar-refractivity contribution is -0.122. The van der Waals surface area contributed by atoms with Crippen molar-refractivity contribution < 1.29 is 28.7 Å². The number of hydrogen-bond donors (Lipinski definition) is 1. The van der Waals surface area contributed by atoms with Gasteiger partial charge < -0.3 is 14.8 Å². The van der Waals surface area contributed by atoms with E-state index < -0.39 is 40.8 Å². The number of fused-ring (bicyclic) bond motifs is 2. The van der Waals surface area contributed by atoms with Crippen molar-refractivity contribution in [2.45, 2.75) is 36.6 Å². The molecule has 12 heteroatoms. The molecule has 1 fully saturated rings. The summed E-state index contributed by atoms with van der Waals surface area (Å²) in [7, 11) is 1.52. The van der Waals surface area contributed by atoms with E-state index in [0.717, 1.165) is 33.6 Å². The van der Waals surface area contributed by atoms with Gasteiger partial charge in [-0.05, 0) is 56.3 Å². The first-order valence-corrected chi connectivity index (χ1v) is 16.0. The number of aryl methyl sites for hydroxylation is 1. The summed E-state index contributed by atoms with van der Waals surface area (Å²) in [4.78, 5) is 68.3. The smallest absolute Gasteiger partial charge is 0.338 e. The molecule has 0 radical (unpaired) electrons. The van der Waals surface area contributed by atoms with Crippen LogP contribution in [0.3, 0.4) is 0 Å². The molecule has 3 amide bonds. The number of nitrogens with zero attached hydrogens (tertiary/aromatic N) is 2. The molecule has 3 aromatic carbocycles. The lowest BCUT2D eigenvalue weighted by atomic mass is 9.82. The predicted octanol–water partition coefficient (Wildman–Crippen LogP) is 4.84. The monoisotopic (exact) mass is 643 g/mol. The predicted molar refractivity (Wildman–Crippen MR) is 171 cm³/mol. The number of imide groups is 1. The van der Waals surface area contributed by atoms with Crippen molar-refractivity contribution in [3.05, 3.63) is 104 Å². The van der Waals surface area contributed by atoms with Gasteiger partial charge in [-0.1, -0.05) is 59.0 Å². The Kier molecular flexibility index (Phi) is 8.34. The van der Waals surface area contributed by atoms with Crippen LogP contribution in [0, 0.1) is 12.8 Å². The molecule has 3 heterocycles. The molecular weight excluding hydrogens is 615 g/mol. The summed E-state index contributed by atoms with van der Waals surface area (Å²) in [6.45, 7) is 3.61. The minimum absolute atomic E-state index is 0.220. The van der Waals surface area contributed by atoms with Gasteiger partial charge in [0.25, 0.3) is 0 Å². The largest absolute Gasteiger partial charge is 0.496 e. The molecule has 45 heavy (non-hydrogen) atoms. The van der Waals surface area contributed by atoms with E-state index in [0.29, 0.717) is 38.2 Å². The number of aromatic nitrogens is 1. The zero-order chi connectivity index (χ0) is 31.8. The van der Waals surface area contributed by atoms with E-state index in [1.165, 1.54) is 23.8 Å². The zero-order valence-electron chi connectivity index (χ0n) is 24.6. The number of anilines is 2. The minimum Gasteiger partial charge on any atom is -0.496 e. The van der Waals surface area contributed by atoms with Crippen molar-refractivity contribution in [3.8, 4) is 5.75 Å². The molecule has 1 aromatic heterocycles. The van der Waals surface area contributed by atoms with Gasteiger partial charge in [0.05, 0.1) is 35.9 Å². The molecule has 6 rings (SSSR count). The maximum absolute atomic E-state index is 14.2. The van der Waals surface area contributed by atoms with Crippen LogP contribution in [-0.2, 0) is 25.7 Å². The van der Waals surface area contributed by atoms with Crippen molar-refractivity contribution in [1.29, 1.82) is 0 Å². The number of thiazole rings is 1. The normalized spacial score (nSPS) is 18.7. The van der Waals surface area contributed by atoms with Crippen LogP contribution >= 0.6 is 23.1 Å². The van der Waals surface area contributed by atoms with Crippen LogP contribution in [0.25, 0.3) is 0 Å². The molecule has 0 aliphatic carbocycles. The van der Waals surface area contributed by atoms with Gasteiger partial charge in [-0.3, -0.25) is 23.7 Å². The molecule has 1 N–H and O–H groups in total. The van der Waals surface area contributed by atoms with Crippen LogP contribution in [-0.4, -0.2) is 47.2 Å². The Bertz CT molecular complexity index is 1860. The van der Waals surface area contributed by atoms with E-state index in [9.17, 15) is 24.0 Å². The van der Waals surface area contributed by atoms with E-state index in [1.54, 1.807) is 43.3 Å². The lowest BCUT2D eigenvalue weighted by Gasteiger charge is -2.31. The maximum atomic E-state index is 14.2. The first-order valence-electron chi connectivity index (χ1n) is 14.3. The molecule has 2 aliphatic rings. The zero-order valence-corrected chi connectivity index (χ0v) is 26.3. The van der Waals surface area contributed by atoms with Gasteiger partial charge in [0.2, 0.25) is 17.7 Å². The number of ether oxygens (including phenoxy) is 2. The third-order valence-corrected chi connectivity index (χ3v) is 10.4. The van der Waals surface area contributed by atoms with E-state index >= 15 is 0 Å². The quantitative estimate of drug-likeness (QED) is 0.214. The Hall–Kier alpha value is -4.68. The Morgan fingerprint density at radius 2 is 1.64 bits per heavy atom. The first kappa shape index (κ1) is 30.4. The molecular formula is C33H29N3O7S2. The number of para-hydroxylation sites is 1. The van der Waals surface area contributed by atoms with Gasteiger partial charge in [-0.15, -0.1) is 0 Å². The van der Waals surface area contributed by atoms with Crippen molar-refractivity contribution in [3.63, 3.8) is 0 Å². The topological polar surface area (TPSA) is 124 Å². The van der Waals surface area contributed by atoms with Crippen molar-refractivity contribution in [2.75, 3.05) is 23.9 Å². The van der Waals surface area contributed by atoms with Crippen LogP contribution in [0.15, 0.2) is 82.6 Å². The molecule has 0 bridgehead atoms. The van der Waals surface area contributed by atoms with Crippen molar-refractivity contribution in [1.82, 2.24) is 4.57 Å². The van der Waals surface area contributed by atoms with E-state index in [1.807, 2.05) is 31.2 Å². The molecule has 230 valence electrons. The molecule has 10 nitrogen and oxygen atoms in total. The number of amides is 3. The second-order valence-electron chi connectivity index (χ2n) is 10.6. The number of methoxy groups -OCH3 is 1. The molecule has 1 saturated heterocycles. The minimum atomic E-state index is -0.870. The molecule has 4 aromatic rings. The summed E-state index contributed by atoms with van der Waals surface area (Å²) in [5.74, 6) is -2.77. The molecule has 3 atom stereocenters. The third-order valence-electron chi connectivity index (χ3n) is 7.80. The average Bonchev–Trinajstić information content (AvgIpc) is 3.48. The summed E-state index contributed by atoms with van der Waals surface area (Å²) in [6, 6.07) is 20.7. The van der Waals surface area contributed by atoms with Gasteiger partial charge in [-0.25, -0.2) is 9.69 Å². The van der Waals surface area contributed by atoms with E-state index in [-0.39, 0.29) is 18.0 Å². The van der Waals surface area contributed by atoms with Gasteiger partial charge in [0, 0.05) is 22.0 Å². The number of carbonyl (C=O) groups is 4. The van der Waals surface area contributed by atoms with Crippen LogP contribution in [0.1, 0.15) is 39.2 Å². The van der Waals surface area contributed by atoms with Gasteiger partial charge in [-0.2, -0.15) is 0 Å². The number of rotatable bonds is 8. The second kappa shape index (κ2) is 12.4. The number of benzene rings is 3. The fourth-order valence-electron chi connectivity index (χ4n) is 5.71. The highest BCUT2D eigenvalue weighted by Gasteiger charge is 2.57. The lowest BCUT2D eigenvalue weighted by Crippen LogP contribution is -2.33. The van der Waals surface area contributed by atoms with E-state index in [2.05, 4.69) is 5.32 Å². The van der Waals surface area contributed by atoms with Gasteiger partial charge in [0.1, 0.15) is 17.5 Å². The average molecular weight is 644 g/mol. The summed E-state index contributed by atoms with van der Waals surface area (Å²) >= 11 is 2.09. The molecule has 0 saturated carbocycles. The number of nitrogens with one attached hydrogen (secondary N) is 1. The second-order valence-corrected chi connectivity index (χ2v) is 12.7. The summed E-state index contributed by atoms with van der Waals surface area (Å²) in [6.07, 6.45) is 0. The van der Waals surface area contributed by atoms with Crippen molar-refractivity contribution >= 4 is 58.2 Å². The highest BCUT2D eigenvalue weighted by molar-refractivity contribution is 8.00. The Morgan fingerprint density at radius 3 is 2.33 bits per heavy atom. The van der Waals surface area contributed by atoms with Crippen LogP contribution in [0.5, 0.6) is 5.75 Å².